The van der Waals surface area contributed by atoms with Crippen LogP contribution in [0.5, 0.6) is 0 Å². The molecule has 0 aliphatic rings. The Morgan fingerprint density at radius 3 is 2.47 bits per heavy atom. The Kier molecular flexibility index (Phi) is 4.02. The van der Waals surface area contributed by atoms with Crippen LogP contribution in [0.25, 0.3) is 0 Å². The van der Waals surface area contributed by atoms with Gasteiger partial charge >= 0.3 is 6.18 Å². The minimum Gasteiger partial charge on any atom is -0.376 e. The molecule has 0 spiro atoms. The number of alkyl halides is 3. The van der Waals surface area contributed by atoms with E-state index in [2.05, 4.69) is 0 Å². The Morgan fingerprint density at radius 2 is 1.94 bits per heavy atom. The zero-order valence-corrected chi connectivity index (χ0v) is 9.33. The van der Waals surface area contributed by atoms with Gasteiger partial charge in [0.15, 0.2) is 0 Å². The molecule has 0 saturated carbocycles. The first kappa shape index (κ1) is 13.8. The summed E-state index contributed by atoms with van der Waals surface area (Å²) in [5.74, 6) is 1.51. The Hall–Kier alpha value is -1.25. The molecule has 0 saturated heterocycles. The Morgan fingerprint density at radius 1 is 1.35 bits per heavy atom. The topological polar surface area (TPSA) is 20.2 Å². The third kappa shape index (κ3) is 3.91. The Balaban J connectivity index is 3.08. The van der Waals surface area contributed by atoms with Crippen molar-refractivity contribution in [2.45, 2.75) is 19.2 Å². The van der Waals surface area contributed by atoms with Gasteiger partial charge in [-0.25, -0.2) is 4.39 Å². The van der Waals surface area contributed by atoms with Crippen LogP contribution in [-0.4, -0.2) is 11.3 Å². The van der Waals surface area contributed by atoms with Gasteiger partial charge in [0.1, 0.15) is 11.9 Å². The SMILES string of the molecule is Cc1cc(C(O)C#CC(F)(F)F)c(F)cc1Cl. The molecule has 0 bridgehead atoms. The molecule has 1 aromatic rings. The predicted octanol–water partition coefficient (Wildman–Crippen LogP) is 3.39. The zero-order valence-electron chi connectivity index (χ0n) is 8.57. The first-order valence-electron chi connectivity index (χ1n) is 4.44. The number of rotatable bonds is 1. The monoisotopic (exact) mass is 266 g/mol. The van der Waals surface area contributed by atoms with E-state index in [4.69, 9.17) is 11.6 Å². The normalized spacial score (nSPS) is 12.9. The lowest BCUT2D eigenvalue weighted by Gasteiger charge is -2.08. The van der Waals surface area contributed by atoms with E-state index < -0.39 is 18.1 Å². The van der Waals surface area contributed by atoms with E-state index in [0.717, 1.165) is 18.1 Å². The second-order valence-electron chi connectivity index (χ2n) is 3.29. The number of aryl methyl sites for hydroxylation is 1. The van der Waals surface area contributed by atoms with Crippen molar-refractivity contribution in [2.75, 3.05) is 0 Å². The van der Waals surface area contributed by atoms with Crippen molar-refractivity contribution in [1.82, 2.24) is 0 Å². The van der Waals surface area contributed by atoms with Crippen LogP contribution in [0.4, 0.5) is 17.6 Å². The fourth-order valence-electron chi connectivity index (χ4n) is 1.12. The van der Waals surface area contributed by atoms with Crippen LogP contribution < -0.4 is 0 Å². The van der Waals surface area contributed by atoms with Gasteiger partial charge in [0, 0.05) is 16.5 Å². The maximum Gasteiger partial charge on any atom is 0.457 e. The molecule has 1 atom stereocenters. The van der Waals surface area contributed by atoms with Crippen molar-refractivity contribution in [3.05, 3.63) is 34.1 Å². The highest BCUT2D eigenvalue weighted by Crippen LogP contribution is 2.24. The minimum absolute atomic E-state index is 0.127. The molecule has 1 rings (SSSR count). The summed E-state index contributed by atoms with van der Waals surface area (Å²) < 4.78 is 48.6. The highest BCUT2D eigenvalue weighted by atomic mass is 35.5. The molecule has 6 heteroatoms. The number of benzene rings is 1. The summed E-state index contributed by atoms with van der Waals surface area (Å²) in [5.41, 5.74) is 0.111. The van der Waals surface area contributed by atoms with Gasteiger partial charge in [0.05, 0.1) is 0 Å². The van der Waals surface area contributed by atoms with E-state index in [1.807, 2.05) is 0 Å². The maximum atomic E-state index is 13.3. The standard InChI is InChI=1S/C11H7ClF4O/c1-6-4-7(9(13)5-8(6)12)10(17)2-3-11(14,15)16/h4-5,10,17H,1H3. The Labute approximate surface area is 100 Å². The van der Waals surface area contributed by atoms with Gasteiger partial charge < -0.3 is 5.11 Å². The number of hydrogen-bond donors (Lipinski definition) is 1. The quantitative estimate of drug-likeness (QED) is 0.610. The van der Waals surface area contributed by atoms with Gasteiger partial charge in [0.2, 0.25) is 0 Å². The number of hydrogen-bond acceptors (Lipinski definition) is 1. The molecule has 1 nitrogen and oxygen atoms in total. The van der Waals surface area contributed by atoms with Crippen molar-refractivity contribution in [3.8, 4) is 11.8 Å². The van der Waals surface area contributed by atoms with Crippen LogP contribution in [0.3, 0.4) is 0 Å². The van der Waals surface area contributed by atoms with Crippen LogP contribution in [0.15, 0.2) is 12.1 Å². The van der Waals surface area contributed by atoms with Crippen LogP contribution in [-0.2, 0) is 0 Å². The molecule has 0 amide bonds. The molecule has 1 aromatic carbocycles. The van der Waals surface area contributed by atoms with Crippen LogP contribution >= 0.6 is 11.6 Å². The highest BCUT2D eigenvalue weighted by Gasteiger charge is 2.24. The summed E-state index contributed by atoms with van der Waals surface area (Å²) >= 11 is 5.60. The maximum absolute atomic E-state index is 13.3. The van der Waals surface area contributed by atoms with Gasteiger partial charge in [0.25, 0.3) is 0 Å². The van der Waals surface area contributed by atoms with Crippen molar-refractivity contribution in [3.63, 3.8) is 0 Å². The molecular weight excluding hydrogens is 260 g/mol. The first-order chi connectivity index (χ1) is 7.70. The van der Waals surface area contributed by atoms with Crippen LogP contribution in [0, 0.1) is 24.6 Å². The first-order valence-corrected chi connectivity index (χ1v) is 4.81. The highest BCUT2D eigenvalue weighted by molar-refractivity contribution is 6.31. The lowest BCUT2D eigenvalue weighted by Crippen LogP contribution is -2.05. The summed E-state index contributed by atoms with van der Waals surface area (Å²) in [4.78, 5) is 0. The molecule has 0 aliphatic heterocycles. The smallest absolute Gasteiger partial charge is 0.376 e. The van der Waals surface area contributed by atoms with Gasteiger partial charge in [-0.3, -0.25) is 0 Å². The second kappa shape index (κ2) is 4.94. The van der Waals surface area contributed by atoms with E-state index in [1.165, 1.54) is 12.8 Å². The lowest BCUT2D eigenvalue weighted by molar-refractivity contribution is -0.0700. The predicted molar refractivity (Wildman–Crippen MR) is 54.9 cm³/mol. The van der Waals surface area contributed by atoms with Crippen LogP contribution in [0.2, 0.25) is 5.02 Å². The molecule has 92 valence electrons. The summed E-state index contributed by atoms with van der Waals surface area (Å²) in [6, 6.07) is 2.08. The van der Waals surface area contributed by atoms with Gasteiger partial charge in [-0.1, -0.05) is 17.5 Å². The molecule has 1 unspecified atom stereocenters. The zero-order chi connectivity index (χ0) is 13.2. The van der Waals surface area contributed by atoms with Crippen molar-refractivity contribution < 1.29 is 22.7 Å². The second-order valence-corrected chi connectivity index (χ2v) is 3.70. The third-order valence-electron chi connectivity index (χ3n) is 1.92. The van der Waals surface area contributed by atoms with Crippen molar-refractivity contribution in [2.24, 2.45) is 0 Å². The lowest BCUT2D eigenvalue weighted by atomic mass is 10.1. The summed E-state index contributed by atoms with van der Waals surface area (Å²) in [6.07, 6.45) is -6.56. The molecule has 0 radical (unpaired) electrons. The average molecular weight is 267 g/mol. The number of aliphatic hydroxyl groups excluding tert-OH is 1. The molecule has 0 aromatic heterocycles. The van der Waals surface area contributed by atoms with E-state index in [-0.39, 0.29) is 10.6 Å². The fraction of sp³-hybridized carbons (Fsp3) is 0.273. The molecule has 0 aliphatic carbocycles. The van der Waals surface area contributed by atoms with Gasteiger partial charge in [-0.2, -0.15) is 13.2 Å². The van der Waals surface area contributed by atoms with Gasteiger partial charge in [-0.15, -0.1) is 0 Å². The van der Waals surface area contributed by atoms with E-state index in [0.29, 0.717) is 5.56 Å². The van der Waals surface area contributed by atoms with Crippen molar-refractivity contribution >= 4 is 11.6 Å². The van der Waals surface area contributed by atoms with E-state index >= 15 is 0 Å². The van der Waals surface area contributed by atoms with E-state index in [9.17, 15) is 22.7 Å². The molecular formula is C11H7ClF4O. The molecule has 0 fully saturated rings. The average Bonchev–Trinajstić information content (AvgIpc) is 2.19. The fourth-order valence-corrected chi connectivity index (χ4v) is 1.27. The Bertz CT molecular complexity index is 485. The van der Waals surface area contributed by atoms with Crippen molar-refractivity contribution in [1.29, 1.82) is 0 Å². The molecule has 0 heterocycles. The summed E-state index contributed by atoms with van der Waals surface area (Å²) in [6.45, 7) is 1.54. The molecule has 17 heavy (non-hydrogen) atoms. The molecule has 1 N–H and O–H groups in total. The minimum atomic E-state index is -4.72. The van der Waals surface area contributed by atoms with E-state index in [1.54, 1.807) is 0 Å². The summed E-state index contributed by atoms with van der Waals surface area (Å²) in [5, 5.41) is 9.45. The van der Waals surface area contributed by atoms with Crippen LogP contribution in [0.1, 0.15) is 17.2 Å². The number of halogens is 5. The summed E-state index contributed by atoms with van der Waals surface area (Å²) in [7, 11) is 0. The number of aliphatic hydroxyl groups is 1. The third-order valence-corrected chi connectivity index (χ3v) is 2.33. The van der Waals surface area contributed by atoms with Gasteiger partial charge in [-0.05, 0) is 24.6 Å². The largest absolute Gasteiger partial charge is 0.457 e.